The van der Waals surface area contributed by atoms with Crippen LogP contribution in [0.5, 0.6) is 5.75 Å². The predicted molar refractivity (Wildman–Crippen MR) is 74.8 cm³/mol. The van der Waals surface area contributed by atoms with Crippen molar-refractivity contribution in [2.24, 2.45) is 5.73 Å². The topological polar surface area (TPSA) is 72.5 Å². The first-order valence-electron chi connectivity index (χ1n) is 4.57. The van der Waals surface area contributed by atoms with Crippen LogP contribution >= 0.6 is 47.8 Å². The van der Waals surface area contributed by atoms with Crippen molar-refractivity contribution in [3.8, 4) is 5.75 Å². The van der Waals surface area contributed by atoms with Crippen molar-refractivity contribution in [1.82, 2.24) is 0 Å². The summed E-state index contributed by atoms with van der Waals surface area (Å²) in [7, 11) is 1.30. The first-order valence-corrected chi connectivity index (χ1v) is 6.95. The van der Waals surface area contributed by atoms with Gasteiger partial charge in [-0.15, -0.1) is 0 Å². The molecule has 94 valence electrons. The number of carbonyl (C=O) groups excluding carboxylic acids is 1. The number of rotatable bonds is 3. The van der Waals surface area contributed by atoms with Gasteiger partial charge in [-0.3, -0.25) is 4.79 Å². The fourth-order valence-electron chi connectivity index (χ4n) is 1.30. The number of phenols is 1. The first-order chi connectivity index (χ1) is 7.88. The average molecular weight is 432 g/mol. The lowest BCUT2D eigenvalue weighted by atomic mass is 10.0. The lowest BCUT2D eigenvalue weighted by molar-refractivity contribution is -0.141. The number of hydrogen-bond donors (Lipinski definition) is 2. The molecule has 0 fully saturated rings. The zero-order chi connectivity index (χ0) is 13.2. The molecule has 0 aliphatic heterocycles. The third-order valence-corrected chi connectivity index (χ3v) is 4.23. The monoisotopic (exact) mass is 429 g/mol. The van der Waals surface area contributed by atoms with Crippen LogP contribution in [0.2, 0.25) is 0 Å². The van der Waals surface area contributed by atoms with Gasteiger partial charge >= 0.3 is 5.97 Å². The maximum Gasteiger partial charge on any atom is 0.307 e. The zero-order valence-electron chi connectivity index (χ0n) is 8.84. The lowest BCUT2D eigenvalue weighted by Gasteiger charge is -2.16. The third-order valence-electron chi connectivity index (χ3n) is 2.17. The molecule has 0 amide bonds. The number of carbonyl (C=O) groups is 1. The normalized spacial score (nSPS) is 12.3. The van der Waals surface area contributed by atoms with Gasteiger partial charge in [0.2, 0.25) is 0 Å². The fourth-order valence-corrected chi connectivity index (χ4v) is 4.01. The first kappa shape index (κ1) is 14.9. The van der Waals surface area contributed by atoms with Crippen LogP contribution in [0, 0.1) is 0 Å². The molecule has 0 saturated carbocycles. The molecule has 0 aromatic heterocycles. The van der Waals surface area contributed by atoms with Crippen LogP contribution in [-0.4, -0.2) is 18.2 Å². The van der Waals surface area contributed by atoms with Crippen LogP contribution in [0.25, 0.3) is 0 Å². The van der Waals surface area contributed by atoms with Crippen molar-refractivity contribution in [2.45, 2.75) is 12.5 Å². The van der Waals surface area contributed by atoms with E-state index in [9.17, 15) is 9.90 Å². The molecule has 1 aromatic rings. The molecular formula is C10H10Br3NO3. The summed E-state index contributed by atoms with van der Waals surface area (Å²) in [6, 6.07) is 1.11. The smallest absolute Gasteiger partial charge is 0.307 e. The molecule has 7 heteroatoms. The van der Waals surface area contributed by atoms with Gasteiger partial charge < -0.3 is 15.6 Å². The summed E-state index contributed by atoms with van der Waals surface area (Å²) in [5, 5.41) is 9.77. The second kappa shape index (κ2) is 6.17. The highest BCUT2D eigenvalue weighted by molar-refractivity contribution is 9.11. The minimum absolute atomic E-state index is 0.0365. The lowest BCUT2D eigenvalue weighted by Crippen LogP contribution is -2.17. The van der Waals surface area contributed by atoms with Crippen molar-refractivity contribution in [2.75, 3.05) is 7.11 Å². The van der Waals surface area contributed by atoms with Gasteiger partial charge in [-0.25, -0.2) is 0 Å². The highest BCUT2D eigenvalue weighted by Crippen LogP contribution is 2.42. The van der Waals surface area contributed by atoms with E-state index in [1.807, 2.05) is 0 Å². The number of phenolic OH excluding ortho intramolecular Hbond substituents is 1. The molecule has 1 rings (SSSR count). The number of esters is 1. The van der Waals surface area contributed by atoms with Crippen LogP contribution in [0.4, 0.5) is 0 Å². The zero-order valence-corrected chi connectivity index (χ0v) is 13.6. The minimum Gasteiger partial charge on any atom is -0.506 e. The summed E-state index contributed by atoms with van der Waals surface area (Å²) in [6.07, 6.45) is 0.0365. The Kier molecular flexibility index (Phi) is 5.43. The van der Waals surface area contributed by atoms with Crippen LogP contribution in [0.1, 0.15) is 18.0 Å². The largest absolute Gasteiger partial charge is 0.506 e. The second-order valence-electron chi connectivity index (χ2n) is 3.30. The van der Waals surface area contributed by atoms with E-state index in [1.54, 1.807) is 6.07 Å². The van der Waals surface area contributed by atoms with Gasteiger partial charge in [-0.1, -0.05) is 15.9 Å². The molecule has 4 nitrogen and oxygen atoms in total. The fraction of sp³-hybridized carbons (Fsp3) is 0.300. The molecule has 0 aliphatic carbocycles. The molecule has 0 radical (unpaired) electrons. The number of ether oxygens (including phenoxy) is 1. The molecule has 3 N–H and O–H groups in total. The highest BCUT2D eigenvalue weighted by atomic mass is 79.9. The van der Waals surface area contributed by atoms with Crippen LogP contribution in [0.15, 0.2) is 19.5 Å². The molecular weight excluding hydrogens is 422 g/mol. The number of nitrogens with two attached hydrogens (primary N) is 1. The van der Waals surface area contributed by atoms with Crippen LogP contribution in [0.3, 0.4) is 0 Å². The molecule has 0 saturated heterocycles. The molecule has 0 spiro atoms. The van der Waals surface area contributed by atoms with E-state index in [0.717, 1.165) is 0 Å². The van der Waals surface area contributed by atoms with Gasteiger partial charge in [-0.05, 0) is 37.9 Å². The molecule has 0 bridgehead atoms. The van der Waals surface area contributed by atoms with Gasteiger partial charge in [0, 0.05) is 16.1 Å². The highest BCUT2D eigenvalue weighted by Gasteiger charge is 2.21. The van der Waals surface area contributed by atoms with Crippen molar-refractivity contribution in [1.29, 1.82) is 0 Å². The Morgan fingerprint density at radius 1 is 1.47 bits per heavy atom. The van der Waals surface area contributed by atoms with Crippen molar-refractivity contribution in [3.63, 3.8) is 0 Å². The molecule has 17 heavy (non-hydrogen) atoms. The number of methoxy groups -OCH3 is 1. The standard InChI is InChI=1S/C10H10Br3NO3/c1-17-7(15)3-6(14)8-4(11)2-5(12)10(16)9(8)13/h2,6,16H,3,14H2,1H3/t6-/m0/s1. The quantitative estimate of drug-likeness (QED) is 0.721. The Bertz CT molecular complexity index is 451. The van der Waals surface area contributed by atoms with E-state index in [1.165, 1.54) is 7.11 Å². The summed E-state index contributed by atoms with van der Waals surface area (Å²) in [6.45, 7) is 0. The van der Waals surface area contributed by atoms with Crippen molar-refractivity contribution < 1.29 is 14.6 Å². The predicted octanol–water partition coefficient (Wildman–Crippen LogP) is 3.24. The Balaban J connectivity index is 3.13. The average Bonchev–Trinajstić information content (AvgIpc) is 2.25. The molecule has 0 unspecified atom stereocenters. The Hall–Kier alpha value is -0.110. The number of hydrogen-bond acceptors (Lipinski definition) is 4. The van der Waals surface area contributed by atoms with Gasteiger partial charge in [-0.2, -0.15) is 0 Å². The van der Waals surface area contributed by atoms with E-state index in [-0.39, 0.29) is 12.2 Å². The van der Waals surface area contributed by atoms with Gasteiger partial charge in [0.15, 0.2) is 0 Å². The maximum absolute atomic E-state index is 11.2. The van der Waals surface area contributed by atoms with Crippen LogP contribution < -0.4 is 5.73 Å². The summed E-state index contributed by atoms with van der Waals surface area (Å²) in [5.41, 5.74) is 6.53. The summed E-state index contributed by atoms with van der Waals surface area (Å²) < 4.78 is 6.24. The van der Waals surface area contributed by atoms with E-state index in [2.05, 4.69) is 52.5 Å². The summed E-state index contributed by atoms with van der Waals surface area (Å²) in [4.78, 5) is 11.2. The van der Waals surface area contributed by atoms with Gasteiger partial charge in [0.25, 0.3) is 0 Å². The molecule has 0 heterocycles. The maximum atomic E-state index is 11.2. The summed E-state index contributed by atoms with van der Waals surface area (Å²) in [5.74, 6) is -0.359. The SMILES string of the molecule is COC(=O)C[C@H](N)c1c(Br)cc(Br)c(O)c1Br. The van der Waals surface area contributed by atoms with E-state index in [4.69, 9.17) is 5.73 Å². The Morgan fingerprint density at radius 3 is 2.59 bits per heavy atom. The Labute approximate surface area is 124 Å². The van der Waals surface area contributed by atoms with E-state index < -0.39 is 12.0 Å². The molecule has 1 aromatic carbocycles. The number of benzene rings is 1. The van der Waals surface area contributed by atoms with Crippen LogP contribution in [-0.2, 0) is 9.53 Å². The van der Waals surface area contributed by atoms with Crippen molar-refractivity contribution in [3.05, 3.63) is 25.0 Å². The third kappa shape index (κ3) is 3.43. The summed E-state index contributed by atoms with van der Waals surface area (Å²) >= 11 is 9.80. The second-order valence-corrected chi connectivity index (χ2v) is 5.80. The van der Waals surface area contributed by atoms with Gasteiger partial charge in [0.05, 0.1) is 22.5 Å². The number of aromatic hydroxyl groups is 1. The minimum atomic E-state index is -0.565. The number of halogens is 3. The van der Waals surface area contributed by atoms with Crippen molar-refractivity contribution >= 4 is 53.8 Å². The molecule has 1 atom stereocenters. The van der Waals surface area contributed by atoms with Gasteiger partial charge in [0.1, 0.15) is 5.75 Å². The van der Waals surface area contributed by atoms with E-state index >= 15 is 0 Å². The molecule has 0 aliphatic rings. The van der Waals surface area contributed by atoms with E-state index in [0.29, 0.717) is 19.0 Å². The Morgan fingerprint density at radius 2 is 2.06 bits per heavy atom.